The molecule has 0 bridgehead atoms. The number of amides is 1. The minimum Gasteiger partial charge on any atom is -0.449 e. The molecule has 18 heavy (non-hydrogen) atoms. The molecule has 1 atom stereocenters. The number of carbonyl (C=O) groups excluding carboxylic acids is 1. The first-order valence-corrected chi connectivity index (χ1v) is 6.04. The van der Waals surface area contributed by atoms with Gasteiger partial charge in [-0.05, 0) is 31.0 Å². The van der Waals surface area contributed by atoms with E-state index < -0.39 is 12.1 Å². The Bertz CT molecular complexity index is 513. The molecule has 1 saturated heterocycles. The maximum Gasteiger partial charge on any atom is 0.415 e. The van der Waals surface area contributed by atoms with Gasteiger partial charge in [-0.15, -0.1) is 0 Å². The van der Waals surface area contributed by atoms with Gasteiger partial charge < -0.3 is 4.74 Å². The zero-order valence-electron chi connectivity index (χ0n) is 10.2. The van der Waals surface area contributed by atoms with Crippen LogP contribution in [0, 0.1) is 25.2 Å². The maximum absolute atomic E-state index is 11.8. The molecular formula is C13H13ClN2O2. The highest BCUT2D eigenvalue weighted by Crippen LogP contribution is 2.34. The molecule has 94 valence electrons. The molecule has 0 radical (unpaired) electrons. The highest BCUT2D eigenvalue weighted by molar-refractivity contribution is 6.34. The number of carbonyl (C=O) groups is 1. The number of hydrogen-bond acceptors (Lipinski definition) is 3. The second-order valence-electron chi connectivity index (χ2n) is 4.33. The molecule has 1 heterocycles. The summed E-state index contributed by atoms with van der Waals surface area (Å²) in [6.07, 6.45) is -0.0204. The van der Waals surface area contributed by atoms with Gasteiger partial charge in [0.25, 0.3) is 0 Å². The van der Waals surface area contributed by atoms with Gasteiger partial charge in [0.15, 0.2) is 0 Å². The molecule has 1 aliphatic rings. The molecule has 1 aromatic rings. The van der Waals surface area contributed by atoms with Crippen LogP contribution >= 0.6 is 11.6 Å². The van der Waals surface area contributed by atoms with Crippen LogP contribution in [0.1, 0.15) is 17.5 Å². The number of cyclic esters (lactones) is 1. The van der Waals surface area contributed by atoms with Crippen LogP contribution in [-0.2, 0) is 4.74 Å². The van der Waals surface area contributed by atoms with E-state index in [1.54, 1.807) is 6.07 Å². The van der Waals surface area contributed by atoms with Gasteiger partial charge in [-0.2, -0.15) is 5.26 Å². The van der Waals surface area contributed by atoms with Crippen LogP contribution in [0.15, 0.2) is 12.1 Å². The molecule has 1 unspecified atom stereocenters. The highest BCUT2D eigenvalue weighted by atomic mass is 35.5. The van der Waals surface area contributed by atoms with Crippen molar-refractivity contribution in [3.63, 3.8) is 0 Å². The molecule has 5 heteroatoms. The Balaban J connectivity index is 2.52. The van der Waals surface area contributed by atoms with E-state index in [0.29, 0.717) is 17.1 Å². The Labute approximate surface area is 111 Å². The first-order chi connectivity index (χ1) is 8.54. The number of hydrogen-bond donors (Lipinski definition) is 0. The summed E-state index contributed by atoms with van der Waals surface area (Å²) in [5, 5.41) is 9.60. The zero-order chi connectivity index (χ0) is 13.3. The Hall–Kier alpha value is -1.73. The number of nitrogens with zero attached hydrogens (tertiary/aromatic N) is 2. The Morgan fingerprint density at radius 1 is 1.50 bits per heavy atom. The van der Waals surface area contributed by atoms with Crippen LogP contribution in [0.25, 0.3) is 0 Å². The minimum absolute atomic E-state index is 0.274. The van der Waals surface area contributed by atoms with Gasteiger partial charge in [-0.25, -0.2) is 4.79 Å². The summed E-state index contributed by atoms with van der Waals surface area (Å²) < 4.78 is 4.99. The lowest BCUT2D eigenvalue weighted by Crippen LogP contribution is -2.45. The second kappa shape index (κ2) is 4.87. The number of anilines is 1. The van der Waals surface area contributed by atoms with Crippen molar-refractivity contribution in [3.8, 4) is 6.07 Å². The zero-order valence-corrected chi connectivity index (χ0v) is 11.0. The molecule has 0 aliphatic carbocycles. The van der Waals surface area contributed by atoms with Crippen molar-refractivity contribution in [2.24, 2.45) is 0 Å². The number of aryl methyl sites for hydroxylation is 2. The van der Waals surface area contributed by atoms with Crippen molar-refractivity contribution in [3.05, 3.63) is 28.3 Å². The average molecular weight is 265 g/mol. The third kappa shape index (κ3) is 2.14. The lowest BCUT2D eigenvalue weighted by Gasteiger charge is -2.32. The molecule has 1 fully saturated rings. The average Bonchev–Trinajstić information content (AvgIpc) is 2.29. The van der Waals surface area contributed by atoms with Gasteiger partial charge in [-0.3, -0.25) is 4.90 Å². The fourth-order valence-electron chi connectivity index (χ4n) is 2.17. The van der Waals surface area contributed by atoms with Gasteiger partial charge in [0.1, 0.15) is 6.04 Å². The highest BCUT2D eigenvalue weighted by Gasteiger charge is 2.33. The van der Waals surface area contributed by atoms with Crippen LogP contribution in [-0.4, -0.2) is 18.7 Å². The Morgan fingerprint density at radius 2 is 2.22 bits per heavy atom. The number of nitriles is 1. The van der Waals surface area contributed by atoms with E-state index in [1.165, 1.54) is 4.90 Å². The molecule has 0 N–H and O–H groups in total. The second-order valence-corrected chi connectivity index (χ2v) is 4.74. The molecule has 0 saturated carbocycles. The van der Waals surface area contributed by atoms with Crippen LogP contribution in [0.3, 0.4) is 0 Å². The first-order valence-electron chi connectivity index (χ1n) is 5.67. The summed E-state index contributed by atoms with van der Waals surface area (Å²) in [6.45, 7) is 4.07. The third-order valence-electron chi connectivity index (χ3n) is 2.91. The predicted octanol–water partition coefficient (Wildman–Crippen LogP) is 3.20. The topological polar surface area (TPSA) is 53.3 Å². The van der Waals surface area contributed by atoms with Crippen molar-refractivity contribution in [2.45, 2.75) is 26.3 Å². The molecular weight excluding hydrogens is 252 g/mol. The van der Waals surface area contributed by atoms with E-state index in [1.807, 2.05) is 19.9 Å². The van der Waals surface area contributed by atoms with E-state index in [2.05, 4.69) is 6.07 Å². The predicted molar refractivity (Wildman–Crippen MR) is 68.8 cm³/mol. The van der Waals surface area contributed by atoms with Crippen LogP contribution in [0.4, 0.5) is 10.5 Å². The fourth-order valence-corrected chi connectivity index (χ4v) is 2.58. The number of benzene rings is 1. The standard InChI is InChI=1S/C13H13ClN2O2/c1-8-5-9(2)12(11(14)6-8)16-10(7-15)3-4-18-13(16)17/h5-6,10H,3-4H2,1-2H3. The number of ether oxygens (including phenoxy) is 1. The fraction of sp³-hybridized carbons (Fsp3) is 0.385. The minimum atomic E-state index is -0.523. The molecule has 1 amide bonds. The van der Waals surface area contributed by atoms with Gasteiger partial charge in [0, 0.05) is 6.42 Å². The summed E-state index contributed by atoms with van der Waals surface area (Å²) in [5.41, 5.74) is 2.44. The number of halogens is 1. The molecule has 0 spiro atoms. The quantitative estimate of drug-likeness (QED) is 0.783. The monoisotopic (exact) mass is 264 g/mol. The van der Waals surface area contributed by atoms with Crippen LogP contribution in [0.5, 0.6) is 0 Å². The van der Waals surface area contributed by atoms with Crippen molar-refractivity contribution in [2.75, 3.05) is 11.5 Å². The summed E-state index contributed by atoms with van der Waals surface area (Å²) in [5.74, 6) is 0. The van der Waals surface area contributed by atoms with Gasteiger partial charge >= 0.3 is 6.09 Å². The van der Waals surface area contributed by atoms with E-state index in [0.717, 1.165) is 11.1 Å². The van der Waals surface area contributed by atoms with Crippen molar-refractivity contribution in [1.29, 1.82) is 5.26 Å². The lowest BCUT2D eigenvalue weighted by molar-refractivity contribution is 0.134. The van der Waals surface area contributed by atoms with Crippen molar-refractivity contribution >= 4 is 23.4 Å². The largest absolute Gasteiger partial charge is 0.449 e. The summed E-state index contributed by atoms with van der Waals surface area (Å²) in [7, 11) is 0. The van der Waals surface area contributed by atoms with Crippen molar-refractivity contribution in [1.82, 2.24) is 0 Å². The van der Waals surface area contributed by atoms with Gasteiger partial charge in [-0.1, -0.05) is 17.7 Å². The Kier molecular flexibility index (Phi) is 3.44. The first kappa shape index (κ1) is 12.7. The smallest absolute Gasteiger partial charge is 0.415 e. The molecule has 1 aromatic carbocycles. The molecule has 0 aromatic heterocycles. The summed E-state index contributed by atoms with van der Waals surface area (Å²) in [6, 6.07) is 5.30. The van der Waals surface area contributed by atoms with E-state index in [-0.39, 0.29) is 6.61 Å². The normalized spacial score (nSPS) is 19.3. The van der Waals surface area contributed by atoms with Gasteiger partial charge in [0.05, 0.1) is 23.4 Å². The maximum atomic E-state index is 11.8. The Morgan fingerprint density at radius 3 is 2.83 bits per heavy atom. The molecule has 1 aliphatic heterocycles. The van der Waals surface area contributed by atoms with Crippen molar-refractivity contribution < 1.29 is 9.53 Å². The van der Waals surface area contributed by atoms with E-state index >= 15 is 0 Å². The van der Waals surface area contributed by atoms with E-state index in [4.69, 9.17) is 21.6 Å². The summed E-state index contributed by atoms with van der Waals surface area (Å²) >= 11 is 6.20. The van der Waals surface area contributed by atoms with Crippen LogP contribution < -0.4 is 4.90 Å². The van der Waals surface area contributed by atoms with E-state index in [9.17, 15) is 4.79 Å². The van der Waals surface area contributed by atoms with Gasteiger partial charge in [0.2, 0.25) is 0 Å². The summed E-state index contributed by atoms with van der Waals surface area (Å²) in [4.78, 5) is 13.2. The molecule has 4 nitrogen and oxygen atoms in total. The van der Waals surface area contributed by atoms with Crippen LogP contribution in [0.2, 0.25) is 5.02 Å². The third-order valence-corrected chi connectivity index (χ3v) is 3.20. The molecule has 2 rings (SSSR count). The lowest BCUT2D eigenvalue weighted by atomic mass is 10.1. The number of rotatable bonds is 1. The SMILES string of the molecule is Cc1cc(C)c(N2C(=O)OCCC2C#N)c(Cl)c1.